The van der Waals surface area contributed by atoms with Crippen molar-refractivity contribution in [2.24, 2.45) is 0 Å². The van der Waals surface area contributed by atoms with Gasteiger partial charge >= 0.3 is 5.97 Å². The molecule has 1 heterocycles. The molecule has 80 valence electrons. The van der Waals surface area contributed by atoms with Gasteiger partial charge in [-0.2, -0.15) is 0 Å². The lowest BCUT2D eigenvalue weighted by Gasteiger charge is -2.31. The van der Waals surface area contributed by atoms with Crippen molar-refractivity contribution in [1.82, 2.24) is 0 Å². The third-order valence-electron chi connectivity index (χ3n) is 2.85. The van der Waals surface area contributed by atoms with Crippen LogP contribution < -0.4 is 4.90 Å². The minimum Gasteiger partial charge on any atom is -0.508 e. The number of benzene rings is 1. The molecule has 0 spiro atoms. The van der Waals surface area contributed by atoms with Crippen LogP contribution in [0.4, 0.5) is 5.69 Å². The van der Waals surface area contributed by atoms with E-state index in [1.165, 1.54) is 6.07 Å². The third-order valence-corrected chi connectivity index (χ3v) is 2.85. The van der Waals surface area contributed by atoms with Gasteiger partial charge in [0.25, 0.3) is 0 Å². The molecule has 0 saturated heterocycles. The van der Waals surface area contributed by atoms with Gasteiger partial charge in [0, 0.05) is 25.3 Å². The monoisotopic (exact) mass is 207 g/mol. The molecule has 1 aromatic rings. The Labute approximate surface area is 87.8 Å². The fourth-order valence-corrected chi connectivity index (χ4v) is 2.01. The van der Waals surface area contributed by atoms with Gasteiger partial charge in [-0.05, 0) is 18.1 Å². The van der Waals surface area contributed by atoms with E-state index in [0.29, 0.717) is 13.0 Å². The average molecular weight is 207 g/mol. The predicted octanol–water partition coefficient (Wildman–Crippen LogP) is 1.40. The van der Waals surface area contributed by atoms with E-state index in [4.69, 9.17) is 5.11 Å². The van der Waals surface area contributed by atoms with Crippen molar-refractivity contribution in [1.29, 1.82) is 0 Å². The maximum absolute atomic E-state index is 11.0. The van der Waals surface area contributed by atoms with Crippen LogP contribution in [-0.2, 0) is 4.79 Å². The highest BCUT2D eigenvalue weighted by Crippen LogP contribution is 2.36. The molecule has 4 nitrogen and oxygen atoms in total. The zero-order valence-electron chi connectivity index (χ0n) is 8.47. The van der Waals surface area contributed by atoms with E-state index >= 15 is 0 Å². The first kappa shape index (κ1) is 9.83. The summed E-state index contributed by atoms with van der Waals surface area (Å²) >= 11 is 0. The lowest BCUT2D eigenvalue weighted by Crippen LogP contribution is -2.30. The Hall–Kier alpha value is -1.71. The van der Waals surface area contributed by atoms with Crippen LogP contribution >= 0.6 is 0 Å². The first-order chi connectivity index (χ1) is 7.09. The van der Waals surface area contributed by atoms with Gasteiger partial charge < -0.3 is 15.1 Å². The molecule has 1 aromatic carbocycles. The van der Waals surface area contributed by atoms with Crippen molar-refractivity contribution >= 4 is 11.7 Å². The fraction of sp³-hybridized carbons (Fsp3) is 0.364. The van der Waals surface area contributed by atoms with E-state index in [1.807, 2.05) is 11.9 Å². The molecular weight excluding hydrogens is 194 g/mol. The summed E-state index contributed by atoms with van der Waals surface area (Å²) in [4.78, 5) is 13.0. The number of anilines is 1. The molecule has 1 unspecified atom stereocenters. The van der Waals surface area contributed by atoms with Crippen LogP contribution in [0, 0.1) is 0 Å². The van der Waals surface area contributed by atoms with Crippen LogP contribution in [-0.4, -0.2) is 29.8 Å². The Bertz CT molecular complexity index is 403. The number of hydrogen-bond donors (Lipinski definition) is 2. The quantitative estimate of drug-likeness (QED) is 0.730. The number of aliphatic carboxylic acids is 1. The van der Waals surface area contributed by atoms with Gasteiger partial charge in [-0.3, -0.25) is 4.79 Å². The first-order valence-electron chi connectivity index (χ1n) is 4.86. The largest absolute Gasteiger partial charge is 0.508 e. The lowest BCUT2D eigenvalue weighted by molar-refractivity contribution is -0.139. The summed E-state index contributed by atoms with van der Waals surface area (Å²) in [5, 5.41) is 18.4. The van der Waals surface area contributed by atoms with E-state index in [-0.39, 0.29) is 5.75 Å². The minimum absolute atomic E-state index is 0.173. The van der Waals surface area contributed by atoms with Gasteiger partial charge in [-0.25, -0.2) is 0 Å². The number of aromatic hydroxyl groups is 1. The van der Waals surface area contributed by atoms with Crippen LogP contribution in [0.25, 0.3) is 0 Å². The third kappa shape index (κ3) is 1.63. The number of rotatable bonds is 1. The molecule has 2 rings (SSSR count). The Morgan fingerprint density at radius 1 is 1.53 bits per heavy atom. The number of phenols is 1. The Balaban J connectivity index is 2.50. The molecule has 1 aliphatic heterocycles. The van der Waals surface area contributed by atoms with Crippen LogP contribution in [0.15, 0.2) is 18.2 Å². The second kappa shape index (κ2) is 3.46. The van der Waals surface area contributed by atoms with Gasteiger partial charge in [0.2, 0.25) is 0 Å². The van der Waals surface area contributed by atoms with Crippen molar-refractivity contribution in [3.8, 4) is 5.75 Å². The van der Waals surface area contributed by atoms with Crippen molar-refractivity contribution in [2.45, 2.75) is 12.3 Å². The van der Waals surface area contributed by atoms with Crippen molar-refractivity contribution in [3.63, 3.8) is 0 Å². The van der Waals surface area contributed by atoms with E-state index in [9.17, 15) is 9.90 Å². The molecule has 0 saturated carbocycles. The molecule has 0 fully saturated rings. The summed E-state index contributed by atoms with van der Waals surface area (Å²) in [6.45, 7) is 0.702. The number of carbonyl (C=O) groups is 1. The van der Waals surface area contributed by atoms with Crippen molar-refractivity contribution in [2.75, 3.05) is 18.5 Å². The first-order valence-corrected chi connectivity index (χ1v) is 4.86. The Kier molecular flexibility index (Phi) is 2.26. The average Bonchev–Trinajstić information content (AvgIpc) is 2.19. The molecule has 1 aliphatic rings. The summed E-state index contributed by atoms with van der Waals surface area (Å²) < 4.78 is 0. The number of hydrogen-bond acceptors (Lipinski definition) is 3. The number of fused-ring (bicyclic) bond motifs is 1. The highest BCUT2D eigenvalue weighted by atomic mass is 16.4. The van der Waals surface area contributed by atoms with Gasteiger partial charge in [-0.15, -0.1) is 0 Å². The molecule has 4 heteroatoms. The molecule has 0 radical (unpaired) electrons. The standard InChI is InChI=1S/C11H13NO3/c1-12-5-4-9(11(14)15)8-3-2-7(13)6-10(8)12/h2-3,6,9,13H,4-5H2,1H3,(H,14,15). The number of nitrogens with zero attached hydrogens (tertiary/aromatic N) is 1. The zero-order valence-corrected chi connectivity index (χ0v) is 8.47. The predicted molar refractivity (Wildman–Crippen MR) is 56.4 cm³/mol. The van der Waals surface area contributed by atoms with E-state index in [2.05, 4.69) is 0 Å². The van der Waals surface area contributed by atoms with Crippen LogP contribution in [0.2, 0.25) is 0 Å². The SMILES string of the molecule is CN1CCC(C(=O)O)c2ccc(O)cc21. The highest BCUT2D eigenvalue weighted by molar-refractivity contribution is 5.80. The molecule has 0 aromatic heterocycles. The fourth-order valence-electron chi connectivity index (χ4n) is 2.01. The van der Waals surface area contributed by atoms with E-state index in [0.717, 1.165) is 11.3 Å². The molecule has 15 heavy (non-hydrogen) atoms. The smallest absolute Gasteiger partial charge is 0.311 e. The molecule has 2 N–H and O–H groups in total. The summed E-state index contributed by atoms with van der Waals surface area (Å²) in [7, 11) is 1.90. The van der Waals surface area contributed by atoms with Gasteiger partial charge in [0.1, 0.15) is 5.75 Å². The maximum atomic E-state index is 11.0. The lowest BCUT2D eigenvalue weighted by atomic mass is 9.90. The van der Waals surface area contributed by atoms with Crippen LogP contribution in [0.5, 0.6) is 5.75 Å². The number of carboxylic acid groups (broad SMARTS) is 1. The molecule has 0 amide bonds. The van der Waals surface area contributed by atoms with Gasteiger partial charge in [0.15, 0.2) is 0 Å². The van der Waals surface area contributed by atoms with E-state index in [1.54, 1.807) is 12.1 Å². The number of carboxylic acids is 1. The summed E-state index contributed by atoms with van der Waals surface area (Å²) in [6, 6.07) is 4.84. The second-order valence-electron chi connectivity index (χ2n) is 3.84. The number of phenolic OH excluding ortho intramolecular Hbond substituents is 1. The zero-order chi connectivity index (χ0) is 11.0. The highest BCUT2D eigenvalue weighted by Gasteiger charge is 2.28. The maximum Gasteiger partial charge on any atom is 0.311 e. The second-order valence-corrected chi connectivity index (χ2v) is 3.84. The van der Waals surface area contributed by atoms with Crippen molar-refractivity contribution in [3.05, 3.63) is 23.8 Å². The summed E-state index contributed by atoms with van der Waals surface area (Å²) in [5.41, 5.74) is 1.60. The normalized spacial score (nSPS) is 19.8. The molecule has 0 bridgehead atoms. The van der Waals surface area contributed by atoms with Crippen LogP contribution in [0.3, 0.4) is 0 Å². The van der Waals surface area contributed by atoms with E-state index < -0.39 is 11.9 Å². The topological polar surface area (TPSA) is 60.8 Å². The molecule has 0 aliphatic carbocycles. The molecular formula is C11H13NO3. The van der Waals surface area contributed by atoms with Gasteiger partial charge in [0.05, 0.1) is 5.92 Å². The Morgan fingerprint density at radius 2 is 2.27 bits per heavy atom. The molecule has 1 atom stereocenters. The minimum atomic E-state index is -0.796. The summed E-state index contributed by atoms with van der Waals surface area (Å²) in [6.07, 6.45) is 0.615. The van der Waals surface area contributed by atoms with Crippen LogP contribution in [0.1, 0.15) is 17.9 Å². The van der Waals surface area contributed by atoms with Gasteiger partial charge in [-0.1, -0.05) is 6.07 Å². The Morgan fingerprint density at radius 3 is 2.93 bits per heavy atom. The summed E-state index contributed by atoms with van der Waals surface area (Å²) in [5.74, 6) is -1.07. The van der Waals surface area contributed by atoms with Crippen molar-refractivity contribution < 1.29 is 15.0 Å².